The molecular weight excluding hydrogens is 437 g/mol. The van der Waals surface area contributed by atoms with Crippen molar-refractivity contribution in [2.45, 2.75) is 25.7 Å². The van der Waals surface area contributed by atoms with Gasteiger partial charge in [-0.2, -0.15) is 0 Å². The zero-order valence-corrected chi connectivity index (χ0v) is 19.6. The molecule has 9 heteroatoms. The first kappa shape index (κ1) is 23.7. The van der Waals surface area contributed by atoms with E-state index < -0.39 is 11.7 Å². The predicted molar refractivity (Wildman–Crippen MR) is 129 cm³/mol. The summed E-state index contributed by atoms with van der Waals surface area (Å²) < 4.78 is 25.3. The number of rotatable bonds is 9. The van der Waals surface area contributed by atoms with Crippen LogP contribution in [-0.2, 0) is 0 Å². The Balaban J connectivity index is 1.40. The summed E-state index contributed by atoms with van der Waals surface area (Å²) in [5.41, 5.74) is 1.03. The topological polar surface area (TPSA) is 83.7 Å². The molecule has 0 spiro atoms. The molecule has 0 aliphatic carbocycles. The normalized spacial score (nSPS) is 14.1. The van der Waals surface area contributed by atoms with Gasteiger partial charge in [-0.1, -0.05) is 23.7 Å². The Kier molecular flexibility index (Phi) is 7.74. The van der Waals surface area contributed by atoms with Crippen LogP contribution in [0.25, 0.3) is 11.5 Å². The van der Waals surface area contributed by atoms with Crippen molar-refractivity contribution in [2.75, 3.05) is 50.6 Å². The maximum atomic E-state index is 13.9. The molecule has 1 aliphatic rings. The van der Waals surface area contributed by atoms with E-state index in [1.807, 2.05) is 11.9 Å². The van der Waals surface area contributed by atoms with Crippen molar-refractivity contribution < 1.29 is 18.3 Å². The molecule has 1 aromatic heterocycles. The van der Waals surface area contributed by atoms with Crippen molar-refractivity contribution in [3.8, 4) is 17.2 Å². The Bertz CT molecular complexity index is 1110. The minimum atomic E-state index is -0.581. The predicted octanol–water partition coefficient (Wildman–Crippen LogP) is 4.45. The van der Waals surface area contributed by atoms with Crippen molar-refractivity contribution in [3.63, 3.8) is 0 Å². The number of nitrogens with one attached hydrogen (secondary N) is 1. The Morgan fingerprint density at radius 1 is 1.18 bits per heavy atom. The summed E-state index contributed by atoms with van der Waals surface area (Å²) >= 11 is 0. The molecule has 180 valence electrons. The molecule has 0 radical (unpaired) electrons. The lowest BCUT2D eigenvalue weighted by atomic mass is 10.1. The maximum Gasteiger partial charge on any atom is 0.318 e. The zero-order valence-electron chi connectivity index (χ0n) is 19.6. The van der Waals surface area contributed by atoms with Crippen LogP contribution in [0.1, 0.15) is 36.0 Å². The summed E-state index contributed by atoms with van der Waals surface area (Å²) in [6.07, 6.45) is 4.93. The molecule has 3 aromatic rings. The summed E-state index contributed by atoms with van der Waals surface area (Å²) in [6, 6.07) is 11.3. The molecule has 1 aliphatic heterocycles. The number of carbonyl (C=O) groups excluding carboxylic acids is 1. The summed E-state index contributed by atoms with van der Waals surface area (Å²) in [7, 11) is 3.46. The summed E-state index contributed by atoms with van der Waals surface area (Å²) in [6.45, 7) is 4.26. The molecule has 34 heavy (non-hydrogen) atoms. The summed E-state index contributed by atoms with van der Waals surface area (Å²) in [4.78, 5) is 16.9. The van der Waals surface area contributed by atoms with Crippen molar-refractivity contribution in [1.29, 1.82) is 0 Å². The van der Waals surface area contributed by atoms with E-state index in [2.05, 4.69) is 20.4 Å². The number of amides is 1. The number of benzene rings is 2. The average molecular weight is 468 g/mol. The third-order valence-corrected chi connectivity index (χ3v) is 5.97. The van der Waals surface area contributed by atoms with Crippen LogP contribution in [0.3, 0.4) is 0 Å². The van der Waals surface area contributed by atoms with E-state index in [4.69, 9.17) is 9.15 Å². The molecular formula is C25H30FN5O3. The number of anilines is 2. The molecule has 0 unspecified atom stereocenters. The second-order valence-electron chi connectivity index (χ2n) is 8.42. The SMILES string of the molecule is COc1cc(NC(=O)c2ccccc2F)ccc1-c1nnc(N(C)CCCN2CCCCC2)o1. The van der Waals surface area contributed by atoms with Crippen molar-refractivity contribution in [2.24, 2.45) is 0 Å². The Labute approximate surface area is 198 Å². The van der Waals surface area contributed by atoms with E-state index in [9.17, 15) is 9.18 Å². The second-order valence-corrected chi connectivity index (χ2v) is 8.42. The number of piperidine rings is 1. The lowest BCUT2D eigenvalue weighted by Gasteiger charge is -2.27. The minimum absolute atomic E-state index is 0.0320. The van der Waals surface area contributed by atoms with E-state index in [1.165, 1.54) is 57.7 Å². The molecule has 2 aromatic carbocycles. The fraction of sp³-hybridized carbons (Fsp3) is 0.400. The molecule has 8 nitrogen and oxygen atoms in total. The minimum Gasteiger partial charge on any atom is -0.496 e. The smallest absolute Gasteiger partial charge is 0.318 e. The van der Waals surface area contributed by atoms with Gasteiger partial charge in [-0.15, -0.1) is 5.10 Å². The lowest BCUT2D eigenvalue weighted by molar-refractivity contribution is 0.102. The van der Waals surface area contributed by atoms with Gasteiger partial charge in [0.05, 0.1) is 18.2 Å². The van der Waals surface area contributed by atoms with Crippen molar-refractivity contribution in [1.82, 2.24) is 15.1 Å². The van der Waals surface area contributed by atoms with Gasteiger partial charge in [0.25, 0.3) is 11.8 Å². The quantitative estimate of drug-likeness (QED) is 0.498. The first-order valence-electron chi connectivity index (χ1n) is 11.6. The van der Waals surface area contributed by atoms with Crippen molar-refractivity contribution >= 4 is 17.6 Å². The molecule has 4 rings (SSSR count). The van der Waals surface area contributed by atoms with Gasteiger partial charge in [0.1, 0.15) is 11.6 Å². The van der Waals surface area contributed by atoms with Crippen LogP contribution in [0.15, 0.2) is 46.9 Å². The highest BCUT2D eigenvalue weighted by Gasteiger charge is 2.18. The monoisotopic (exact) mass is 467 g/mol. The average Bonchev–Trinajstić information content (AvgIpc) is 3.35. The van der Waals surface area contributed by atoms with Crippen LogP contribution in [0.5, 0.6) is 5.75 Å². The fourth-order valence-electron chi connectivity index (χ4n) is 4.08. The first-order valence-corrected chi connectivity index (χ1v) is 11.6. The molecule has 2 heterocycles. The number of ether oxygens (including phenoxy) is 1. The molecule has 0 atom stereocenters. The van der Waals surface area contributed by atoms with Crippen LogP contribution < -0.4 is 15.0 Å². The summed E-state index contributed by atoms with van der Waals surface area (Å²) in [5, 5.41) is 11.0. The highest BCUT2D eigenvalue weighted by atomic mass is 19.1. The number of hydrogen-bond donors (Lipinski definition) is 1. The second kappa shape index (κ2) is 11.1. The highest BCUT2D eigenvalue weighted by molar-refractivity contribution is 6.04. The van der Waals surface area contributed by atoms with Crippen molar-refractivity contribution in [3.05, 3.63) is 53.8 Å². The standard InChI is InChI=1S/C25H30FN5O3/c1-30(13-8-16-31-14-6-3-7-15-31)25-29-28-24(34-25)20-12-11-18(17-22(20)33-2)27-23(32)19-9-4-5-10-21(19)26/h4-5,9-12,17H,3,6-8,13-16H2,1-2H3,(H,27,32). The Morgan fingerprint density at radius 2 is 1.97 bits per heavy atom. The number of hydrogen-bond acceptors (Lipinski definition) is 7. The largest absolute Gasteiger partial charge is 0.496 e. The van der Waals surface area contributed by atoms with E-state index in [1.54, 1.807) is 24.3 Å². The maximum absolute atomic E-state index is 13.9. The van der Waals surface area contributed by atoms with Crippen LogP contribution >= 0.6 is 0 Å². The highest BCUT2D eigenvalue weighted by Crippen LogP contribution is 2.33. The molecule has 0 saturated carbocycles. The van der Waals surface area contributed by atoms with Gasteiger partial charge in [0.2, 0.25) is 0 Å². The lowest BCUT2D eigenvalue weighted by Crippen LogP contribution is -2.32. The molecule has 1 N–H and O–H groups in total. The van der Waals surface area contributed by atoms with E-state index in [0.29, 0.717) is 28.9 Å². The Morgan fingerprint density at radius 3 is 2.74 bits per heavy atom. The number of nitrogens with zero attached hydrogens (tertiary/aromatic N) is 4. The van der Waals surface area contributed by atoms with Gasteiger partial charge in [0, 0.05) is 25.3 Å². The molecule has 1 fully saturated rings. The third kappa shape index (κ3) is 5.72. The van der Waals surface area contributed by atoms with Crippen LogP contribution in [-0.4, -0.2) is 61.3 Å². The number of halogens is 1. The first-order chi connectivity index (χ1) is 16.5. The molecule has 1 saturated heterocycles. The number of likely N-dealkylation sites (tertiary alicyclic amines) is 1. The summed E-state index contributed by atoms with van der Waals surface area (Å²) in [5.74, 6) is -0.350. The van der Waals surface area contributed by atoms with Gasteiger partial charge < -0.3 is 24.3 Å². The van der Waals surface area contributed by atoms with Gasteiger partial charge in [-0.05, 0) is 63.2 Å². The van der Waals surface area contributed by atoms with E-state index in [-0.39, 0.29) is 5.56 Å². The van der Waals surface area contributed by atoms with Crippen LogP contribution in [0.2, 0.25) is 0 Å². The zero-order chi connectivity index (χ0) is 23.9. The van der Waals surface area contributed by atoms with Crippen LogP contribution in [0.4, 0.5) is 16.1 Å². The van der Waals surface area contributed by atoms with Gasteiger partial charge in [0.15, 0.2) is 0 Å². The number of methoxy groups -OCH3 is 1. The number of aromatic nitrogens is 2. The van der Waals surface area contributed by atoms with Gasteiger partial charge >= 0.3 is 6.01 Å². The molecule has 1 amide bonds. The third-order valence-electron chi connectivity index (χ3n) is 5.97. The molecule has 0 bridgehead atoms. The van der Waals surface area contributed by atoms with Gasteiger partial charge in [-0.25, -0.2) is 4.39 Å². The van der Waals surface area contributed by atoms with Gasteiger partial charge in [-0.3, -0.25) is 4.79 Å². The fourth-order valence-corrected chi connectivity index (χ4v) is 4.08. The Hall–Kier alpha value is -3.46. The van der Waals surface area contributed by atoms with E-state index in [0.717, 1.165) is 19.5 Å². The van der Waals surface area contributed by atoms with Crippen LogP contribution in [0, 0.1) is 5.82 Å². The van der Waals surface area contributed by atoms with E-state index >= 15 is 0 Å². The number of carbonyl (C=O) groups is 1.